The van der Waals surface area contributed by atoms with Crippen LogP contribution in [0.3, 0.4) is 0 Å². The first-order chi connectivity index (χ1) is 5.42. The topological polar surface area (TPSA) is 101 Å². The molecule has 0 bridgehead atoms. The highest BCUT2D eigenvalue weighted by Crippen LogP contribution is 2.14. The third kappa shape index (κ3) is 2.87. The second-order valence-electron chi connectivity index (χ2n) is 2.71. The third-order valence-corrected chi connectivity index (χ3v) is 1.84. The summed E-state index contributed by atoms with van der Waals surface area (Å²) in [5, 5.41) is 16.9. The maximum absolute atomic E-state index is 10.5. The summed E-state index contributed by atoms with van der Waals surface area (Å²) in [6.07, 6.45) is -0.0135. The zero-order valence-corrected chi connectivity index (χ0v) is 6.91. The largest absolute Gasteiger partial charge is 0.481 e. The molecule has 0 aliphatic heterocycles. The fourth-order valence-corrected chi connectivity index (χ4v) is 0.765. The average molecular weight is 175 g/mol. The minimum atomic E-state index is -1.39. The van der Waals surface area contributed by atoms with Crippen LogP contribution < -0.4 is 5.73 Å². The minimum absolute atomic E-state index is 0.0336. The van der Waals surface area contributed by atoms with Crippen LogP contribution in [0.2, 0.25) is 0 Å². The molecule has 12 heavy (non-hydrogen) atoms. The summed E-state index contributed by atoms with van der Waals surface area (Å²) in [6, 6.07) is 0. The lowest BCUT2D eigenvalue weighted by atomic mass is 9.92. The van der Waals surface area contributed by atoms with Gasteiger partial charge in [-0.05, 0) is 12.8 Å². The van der Waals surface area contributed by atoms with Crippen molar-refractivity contribution >= 4 is 11.9 Å². The first-order valence-corrected chi connectivity index (χ1v) is 3.66. The molecule has 4 N–H and O–H groups in total. The van der Waals surface area contributed by atoms with Crippen molar-refractivity contribution in [3.8, 4) is 0 Å². The molecule has 5 nitrogen and oxygen atoms in total. The molecule has 1 atom stereocenters. The van der Waals surface area contributed by atoms with E-state index in [2.05, 4.69) is 0 Å². The molecule has 0 heterocycles. The van der Waals surface area contributed by atoms with Crippen LogP contribution in [0, 0.1) is 0 Å². The van der Waals surface area contributed by atoms with Crippen molar-refractivity contribution in [3.05, 3.63) is 0 Å². The van der Waals surface area contributed by atoms with E-state index in [9.17, 15) is 9.59 Å². The summed E-state index contributed by atoms with van der Waals surface area (Å²) in [5.41, 5.74) is 4.04. The zero-order chi connectivity index (χ0) is 9.78. The van der Waals surface area contributed by atoms with Crippen LogP contribution in [0.5, 0.6) is 0 Å². The number of nitrogens with two attached hydrogens (primary N) is 1. The molecule has 70 valence electrons. The first-order valence-electron chi connectivity index (χ1n) is 3.66. The lowest BCUT2D eigenvalue weighted by Gasteiger charge is -2.21. The van der Waals surface area contributed by atoms with E-state index < -0.39 is 17.5 Å². The molecule has 0 aromatic rings. The van der Waals surface area contributed by atoms with Crippen molar-refractivity contribution in [2.45, 2.75) is 31.7 Å². The van der Waals surface area contributed by atoms with Crippen LogP contribution in [0.1, 0.15) is 26.2 Å². The van der Waals surface area contributed by atoms with Gasteiger partial charge < -0.3 is 15.9 Å². The van der Waals surface area contributed by atoms with Crippen molar-refractivity contribution in [3.63, 3.8) is 0 Å². The van der Waals surface area contributed by atoms with Gasteiger partial charge in [-0.1, -0.05) is 6.92 Å². The molecule has 0 aliphatic rings. The molecule has 0 rings (SSSR count). The van der Waals surface area contributed by atoms with Crippen molar-refractivity contribution in [1.29, 1.82) is 0 Å². The maximum atomic E-state index is 10.5. The summed E-state index contributed by atoms with van der Waals surface area (Å²) in [7, 11) is 0. The van der Waals surface area contributed by atoms with Gasteiger partial charge in [-0.25, -0.2) is 0 Å². The smallest absolute Gasteiger partial charge is 0.323 e. The number of carboxylic acids is 2. The highest BCUT2D eigenvalue weighted by molar-refractivity contribution is 5.79. The predicted molar refractivity (Wildman–Crippen MR) is 41.7 cm³/mol. The Morgan fingerprint density at radius 1 is 1.42 bits per heavy atom. The summed E-state index contributed by atoms with van der Waals surface area (Å²) >= 11 is 0. The second-order valence-corrected chi connectivity index (χ2v) is 2.71. The fraction of sp³-hybridized carbons (Fsp3) is 0.714. The summed E-state index contributed by atoms with van der Waals surface area (Å²) in [6.45, 7) is 1.62. The molecule has 0 unspecified atom stereocenters. The highest BCUT2D eigenvalue weighted by atomic mass is 16.4. The Bertz CT molecular complexity index is 192. The molecule has 0 saturated carbocycles. The van der Waals surface area contributed by atoms with Gasteiger partial charge in [0.1, 0.15) is 5.54 Å². The normalized spacial score (nSPS) is 15.2. The van der Waals surface area contributed by atoms with Gasteiger partial charge in [0.15, 0.2) is 0 Å². The molecule has 0 aliphatic carbocycles. The van der Waals surface area contributed by atoms with Crippen LogP contribution >= 0.6 is 0 Å². The van der Waals surface area contributed by atoms with Gasteiger partial charge in [0.25, 0.3) is 0 Å². The monoisotopic (exact) mass is 175 g/mol. The average Bonchev–Trinajstić information content (AvgIpc) is 1.99. The fourth-order valence-electron chi connectivity index (χ4n) is 0.765. The predicted octanol–water partition coefficient (Wildman–Crippen LogP) is 0.0433. The van der Waals surface area contributed by atoms with Gasteiger partial charge >= 0.3 is 11.9 Å². The molecule has 0 radical (unpaired) electrons. The Morgan fingerprint density at radius 3 is 2.17 bits per heavy atom. The lowest BCUT2D eigenvalue weighted by molar-refractivity contribution is -0.144. The number of rotatable bonds is 5. The van der Waals surface area contributed by atoms with Crippen molar-refractivity contribution in [1.82, 2.24) is 0 Å². The summed E-state index contributed by atoms with van der Waals surface area (Å²) < 4.78 is 0. The number of carboxylic acid groups (broad SMARTS) is 2. The van der Waals surface area contributed by atoms with Gasteiger partial charge in [0.05, 0.1) is 0 Å². The molecule has 0 aromatic carbocycles. The third-order valence-electron chi connectivity index (χ3n) is 1.84. The molecule has 5 heteroatoms. The molecule has 0 fully saturated rings. The van der Waals surface area contributed by atoms with Crippen molar-refractivity contribution in [2.24, 2.45) is 5.73 Å². The van der Waals surface area contributed by atoms with E-state index in [1.807, 2.05) is 0 Å². The van der Waals surface area contributed by atoms with Gasteiger partial charge in [-0.2, -0.15) is 0 Å². The quantitative estimate of drug-likeness (QED) is 0.547. The van der Waals surface area contributed by atoms with E-state index in [1.54, 1.807) is 6.92 Å². The maximum Gasteiger partial charge on any atom is 0.323 e. The summed E-state index contributed by atoms with van der Waals surface area (Å²) in [4.78, 5) is 20.7. The Morgan fingerprint density at radius 2 is 1.92 bits per heavy atom. The van der Waals surface area contributed by atoms with Crippen LogP contribution in [0.4, 0.5) is 0 Å². The van der Waals surface area contributed by atoms with Gasteiger partial charge in [0.2, 0.25) is 0 Å². The SMILES string of the molecule is CC[C@@](N)(CCC(=O)O)C(=O)O. The molecule has 0 aromatic heterocycles. The van der Waals surface area contributed by atoms with Crippen molar-refractivity contribution < 1.29 is 19.8 Å². The van der Waals surface area contributed by atoms with Gasteiger partial charge in [0, 0.05) is 6.42 Å². The van der Waals surface area contributed by atoms with Crippen LogP contribution in [0.15, 0.2) is 0 Å². The molecule has 0 spiro atoms. The Balaban J connectivity index is 4.15. The van der Waals surface area contributed by atoms with Crippen LogP contribution in [0.25, 0.3) is 0 Å². The second kappa shape index (κ2) is 4.06. The number of aliphatic carboxylic acids is 2. The number of hydrogen-bond donors (Lipinski definition) is 3. The van der Waals surface area contributed by atoms with E-state index in [0.717, 1.165) is 0 Å². The van der Waals surface area contributed by atoms with Crippen LogP contribution in [-0.2, 0) is 9.59 Å². The van der Waals surface area contributed by atoms with Crippen LogP contribution in [-0.4, -0.2) is 27.7 Å². The standard InChI is InChI=1S/C7H13NO4/c1-2-7(8,6(11)12)4-3-5(9)10/h2-4,8H2,1H3,(H,9,10)(H,11,12)/t7-/m1/s1. The van der Waals surface area contributed by atoms with E-state index in [0.29, 0.717) is 0 Å². The van der Waals surface area contributed by atoms with E-state index in [4.69, 9.17) is 15.9 Å². The molecular formula is C7H13NO4. The first kappa shape index (κ1) is 10.9. The Kier molecular flexibility index (Phi) is 3.69. The van der Waals surface area contributed by atoms with E-state index >= 15 is 0 Å². The number of hydrogen-bond acceptors (Lipinski definition) is 3. The summed E-state index contributed by atoms with van der Waals surface area (Å²) in [5.74, 6) is -2.18. The Hall–Kier alpha value is -1.10. The lowest BCUT2D eigenvalue weighted by Crippen LogP contribution is -2.47. The van der Waals surface area contributed by atoms with Crippen molar-refractivity contribution in [2.75, 3.05) is 0 Å². The van der Waals surface area contributed by atoms with Gasteiger partial charge in [-0.15, -0.1) is 0 Å². The highest BCUT2D eigenvalue weighted by Gasteiger charge is 2.31. The van der Waals surface area contributed by atoms with Gasteiger partial charge in [-0.3, -0.25) is 9.59 Å². The zero-order valence-electron chi connectivity index (χ0n) is 6.91. The molecular weight excluding hydrogens is 162 g/mol. The Labute approximate surface area is 70.2 Å². The van der Waals surface area contributed by atoms with E-state index in [1.165, 1.54) is 0 Å². The number of carbonyl (C=O) groups is 2. The molecule has 0 saturated heterocycles. The minimum Gasteiger partial charge on any atom is -0.481 e. The van der Waals surface area contributed by atoms with E-state index in [-0.39, 0.29) is 19.3 Å². The molecule has 0 amide bonds.